The van der Waals surface area contributed by atoms with Gasteiger partial charge in [0.25, 0.3) is 0 Å². The molecule has 138 valence electrons. The van der Waals surface area contributed by atoms with Gasteiger partial charge in [-0.3, -0.25) is 9.20 Å². The Hall–Kier alpha value is -3.42. The monoisotopic (exact) mass is 364 g/mol. The van der Waals surface area contributed by atoms with Gasteiger partial charge < -0.3 is 10.3 Å². The second kappa shape index (κ2) is 7.45. The zero-order valence-corrected chi connectivity index (χ0v) is 14.8. The second-order valence-electron chi connectivity index (χ2n) is 6.34. The Balaban J connectivity index is 1.23. The number of nitrogens with one attached hydrogen (secondary N) is 2. The van der Waals surface area contributed by atoms with Gasteiger partial charge in [-0.15, -0.1) is 5.10 Å². The number of aryl methyl sites for hydroxylation is 2. The number of carbonyl (C=O) groups is 1. The first-order valence-corrected chi connectivity index (χ1v) is 8.95. The molecular formula is C19H20N6O2. The number of nitrogens with zero attached hydrogens (tertiary/aromatic N) is 4. The summed E-state index contributed by atoms with van der Waals surface area (Å²) in [5.41, 5.74) is 2.34. The molecular weight excluding hydrogens is 344 g/mol. The van der Waals surface area contributed by atoms with Gasteiger partial charge in [0.2, 0.25) is 5.91 Å². The number of carbonyl (C=O) groups excluding carboxylic acids is 1. The summed E-state index contributed by atoms with van der Waals surface area (Å²) in [7, 11) is 0. The first-order chi connectivity index (χ1) is 13.2. The summed E-state index contributed by atoms with van der Waals surface area (Å²) in [5.74, 6) is 0.778. The first-order valence-electron chi connectivity index (χ1n) is 8.95. The molecule has 8 nitrogen and oxygen atoms in total. The number of aromatic nitrogens is 5. The van der Waals surface area contributed by atoms with Crippen LogP contribution in [0.3, 0.4) is 0 Å². The van der Waals surface area contributed by atoms with Gasteiger partial charge in [-0.1, -0.05) is 18.2 Å². The minimum Gasteiger partial charge on any atom is -0.356 e. The number of hydrogen-bond acceptors (Lipinski definition) is 4. The van der Waals surface area contributed by atoms with Crippen LogP contribution in [0, 0.1) is 0 Å². The summed E-state index contributed by atoms with van der Waals surface area (Å²) in [6.07, 6.45) is 3.27. The lowest BCUT2D eigenvalue weighted by molar-refractivity contribution is -0.121. The average Bonchev–Trinajstić information content (AvgIpc) is 3.25. The lowest BCUT2D eigenvalue weighted by Gasteiger charge is -2.04. The van der Waals surface area contributed by atoms with Crippen molar-refractivity contribution in [3.8, 4) is 0 Å². The number of hydrogen-bond donors (Lipinski definition) is 2. The summed E-state index contributed by atoms with van der Waals surface area (Å²) in [6.45, 7) is 0.962. The molecule has 0 aliphatic rings. The smallest absolute Gasteiger partial charge is 0.350 e. The number of para-hydroxylation sites is 2. The van der Waals surface area contributed by atoms with Crippen LogP contribution >= 0.6 is 0 Å². The van der Waals surface area contributed by atoms with E-state index in [2.05, 4.69) is 20.4 Å². The van der Waals surface area contributed by atoms with E-state index in [-0.39, 0.29) is 11.6 Å². The lowest BCUT2D eigenvalue weighted by Crippen LogP contribution is -2.27. The highest BCUT2D eigenvalue weighted by Crippen LogP contribution is 2.11. The molecule has 0 radical (unpaired) electrons. The number of fused-ring (bicyclic) bond motifs is 2. The maximum absolute atomic E-state index is 12.2. The molecule has 1 amide bonds. The molecule has 3 aromatic heterocycles. The molecule has 1 aromatic carbocycles. The summed E-state index contributed by atoms with van der Waals surface area (Å²) in [5, 5.41) is 7.15. The van der Waals surface area contributed by atoms with E-state index >= 15 is 0 Å². The third-order valence-electron chi connectivity index (χ3n) is 4.38. The van der Waals surface area contributed by atoms with Crippen LogP contribution < -0.4 is 11.0 Å². The number of benzene rings is 1. The van der Waals surface area contributed by atoms with Crippen LogP contribution in [0.5, 0.6) is 0 Å². The molecule has 0 fully saturated rings. The Kier molecular flexibility index (Phi) is 4.69. The maximum atomic E-state index is 12.2. The molecule has 0 unspecified atom stereocenters. The quantitative estimate of drug-likeness (QED) is 0.486. The number of imidazole rings is 1. The molecule has 2 N–H and O–H groups in total. The van der Waals surface area contributed by atoms with Crippen molar-refractivity contribution >= 4 is 22.6 Å². The Labute approximate surface area is 154 Å². The molecule has 3 heterocycles. The highest BCUT2D eigenvalue weighted by atomic mass is 16.2. The molecule has 0 bridgehead atoms. The van der Waals surface area contributed by atoms with Crippen molar-refractivity contribution in [3.05, 3.63) is 65.0 Å². The van der Waals surface area contributed by atoms with E-state index in [1.807, 2.05) is 30.3 Å². The Morgan fingerprint density at radius 2 is 2.00 bits per heavy atom. The molecule has 4 rings (SSSR count). The molecule has 8 heteroatoms. The van der Waals surface area contributed by atoms with Crippen molar-refractivity contribution in [2.75, 3.05) is 6.54 Å². The third kappa shape index (κ3) is 3.74. The summed E-state index contributed by atoms with van der Waals surface area (Å²) in [6, 6.07) is 13.2. The molecule has 27 heavy (non-hydrogen) atoms. The number of H-pyrrole nitrogens is 1. The van der Waals surface area contributed by atoms with Crippen LogP contribution in [0.25, 0.3) is 16.7 Å². The highest BCUT2D eigenvalue weighted by Gasteiger charge is 2.07. The van der Waals surface area contributed by atoms with Gasteiger partial charge in [0.15, 0.2) is 5.65 Å². The summed E-state index contributed by atoms with van der Waals surface area (Å²) >= 11 is 0. The first kappa shape index (κ1) is 17.0. The Morgan fingerprint density at radius 3 is 2.85 bits per heavy atom. The van der Waals surface area contributed by atoms with Gasteiger partial charge in [-0.25, -0.2) is 14.5 Å². The number of pyridine rings is 1. The highest BCUT2D eigenvalue weighted by molar-refractivity contribution is 5.77. The molecule has 0 saturated heterocycles. The van der Waals surface area contributed by atoms with E-state index in [9.17, 15) is 9.59 Å². The summed E-state index contributed by atoms with van der Waals surface area (Å²) < 4.78 is 2.93. The van der Waals surface area contributed by atoms with E-state index in [0.717, 1.165) is 16.9 Å². The van der Waals surface area contributed by atoms with Crippen LogP contribution in [0.4, 0.5) is 0 Å². The molecule has 0 aliphatic carbocycles. The van der Waals surface area contributed by atoms with Gasteiger partial charge >= 0.3 is 5.69 Å². The van der Waals surface area contributed by atoms with Crippen molar-refractivity contribution in [3.63, 3.8) is 0 Å². The van der Waals surface area contributed by atoms with E-state index in [1.54, 1.807) is 18.3 Å². The van der Waals surface area contributed by atoms with Crippen molar-refractivity contribution in [2.24, 2.45) is 0 Å². The third-order valence-corrected chi connectivity index (χ3v) is 4.38. The zero-order valence-electron chi connectivity index (χ0n) is 14.8. The van der Waals surface area contributed by atoms with Gasteiger partial charge in [0.05, 0.1) is 11.0 Å². The topological polar surface area (TPSA) is 97.1 Å². The van der Waals surface area contributed by atoms with Gasteiger partial charge in [-0.2, -0.15) is 0 Å². The van der Waals surface area contributed by atoms with Crippen LogP contribution in [0.15, 0.2) is 53.5 Å². The molecule has 0 atom stereocenters. The minimum absolute atomic E-state index is 0.0298. The lowest BCUT2D eigenvalue weighted by atomic mass is 10.3. The Bertz CT molecular complexity index is 1110. The zero-order chi connectivity index (χ0) is 18.6. The van der Waals surface area contributed by atoms with Gasteiger partial charge in [-0.05, 0) is 30.7 Å². The van der Waals surface area contributed by atoms with E-state index in [4.69, 9.17) is 0 Å². The van der Waals surface area contributed by atoms with E-state index in [1.165, 1.54) is 9.08 Å². The second-order valence-corrected chi connectivity index (χ2v) is 6.34. The van der Waals surface area contributed by atoms with Crippen LogP contribution in [0.1, 0.15) is 18.7 Å². The average molecular weight is 364 g/mol. The van der Waals surface area contributed by atoms with Crippen LogP contribution in [-0.2, 0) is 17.8 Å². The van der Waals surface area contributed by atoms with Gasteiger partial charge in [0.1, 0.15) is 5.82 Å². The van der Waals surface area contributed by atoms with Crippen LogP contribution in [-0.4, -0.2) is 36.6 Å². The summed E-state index contributed by atoms with van der Waals surface area (Å²) in [4.78, 5) is 31.9. The van der Waals surface area contributed by atoms with E-state index in [0.29, 0.717) is 38.0 Å². The van der Waals surface area contributed by atoms with Gasteiger partial charge in [0, 0.05) is 32.1 Å². The van der Waals surface area contributed by atoms with Crippen molar-refractivity contribution in [1.29, 1.82) is 0 Å². The predicted octanol–water partition coefficient (Wildman–Crippen LogP) is 1.51. The van der Waals surface area contributed by atoms with E-state index < -0.39 is 0 Å². The van der Waals surface area contributed by atoms with Crippen LogP contribution in [0.2, 0.25) is 0 Å². The normalized spacial score (nSPS) is 11.3. The molecule has 0 saturated carbocycles. The maximum Gasteiger partial charge on any atom is 0.350 e. The number of rotatable bonds is 7. The van der Waals surface area contributed by atoms with Crippen molar-refractivity contribution in [2.45, 2.75) is 25.8 Å². The van der Waals surface area contributed by atoms with Crippen molar-refractivity contribution < 1.29 is 4.79 Å². The Morgan fingerprint density at radius 1 is 1.15 bits per heavy atom. The standard InChI is InChI=1S/C19H20N6O2/c26-18(10-9-16-21-14-6-1-2-7-15(14)22-16)20-11-5-13-25-19(27)24-12-4-3-8-17(24)23-25/h1-4,6-8,12H,5,9-11,13H2,(H,20,26)(H,21,22). The minimum atomic E-state index is -0.165. The number of amides is 1. The fraction of sp³-hybridized carbons (Fsp3) is 0.263. The fourth-order valence-electron chi connectivity index (χ4n) is 3.01. The number of aromatic amines is 1. The molecule has 0 aliphatic heterocycles. The fourth-order valence-corrected chi connectivity index (χ4v) is 3.01. The largest absolute Gasteiger partial charge is 0.356 e. The SMILES string of the molecule is O=C(CCc1nc2ccccc2[nH]1)NCCCn1nc2ccccn2c1=O. The van der Waals surface area contributed by atoms with Crippen molar-refractivity contribution in [1.82, 2.24) is 29.5 Å². The molecule has 4 aromatic rings. The molecule has 0 spiro atoms. The predicted molar refractivity (Wildman–Crippen MR) is 101 cm³/mol.